The maximum atomic E-state index is 12.2. The number of amides is 1. The van der Waals surface area contributed by atoms with Gasteiger partial charge in [0, 0.05) is 6.04 Å². The van der Waals surface area contributed by atoms with Gasteiger partial charge in [-0.3, -0.25) is 14.2 Å². The highest BCUT2D eigenvalue weighted by atomic mass is 16.2. The van der Waals surface area contributed by atoms with E-state index < -0.39 is 0 Å². The third kappa shape index (κ3) is 2.57. The molecular formula is C15H17N3O2. The average Bonchev–Trinajstić information content (AvgIpc) is 3.27. The summed E-state index contributed by atoms with van der Waals surface area (Å²) in [5, 5.41) is 3.48. The summed E-state index contributed by atoms with van der Waals surface area (Å²) in [5.41, 5.74) is 0.477. The molecule has 5 nitrogen and oxygen atoms in total. The molecule has 5 heteroatoms. The van der Waals surface area contributed by atoms with Crippen molar-refractivity contribution in [2.45, 2.75) is 32.4 Å². The van der Waals surface area contributed by atoms with Crippen molar-refractivity contribution in [2.24, 2.45) is 5.92 Å². The monoisotopic (exact) mass is 271 g/mol. The standard InChI is InChI=1S/C15H17N3O2/c1-10(11-6-7-11)17-14(19)8-18-9-16-13-5-3-2-4-12(13)15(18)20/h2-5,9-11H,6-8H2,1H3,(H,17,19). The van der Waals surface area contributed by atoms with Crippen LogP contribution in [0.4, 0.5) is 0 Å². The summed E-state index contributed by atoms with van der Waals surface area (Å²) in [7, 11) is 0. The molecule has 1 aromatic heterocycles. The van der Waals surface area contributed by atoms with Gasteiger partial charge in [-0.05, 0) is 37.8 Å². The van der Waals surface area contributed by atoms with Gasteiger partial charge >= 0.3 is 0 Å². The van der Waals surface area contributed by atoms with Gasteiger partial charge < -0.3 is 5.32 Å². The van der Waals surface area contributed by atoms with Gasteiger partial charge in [0.05, 0.1) is 17.2 Å². The lowest BCUT2D eigenvalue weighted by atomic mass is 10.2. The Morgan fingerprint density at radius 1 is 1.45 bits per heavy atom. The Labute approximate surface area is 116 Å². The SMILES string of the molecule is CC(NC(=O)Cn1cnc2ccccc2c1=O)C1CC1. The number of fused-ring (bicyclic) bond motifs is 1. The minimum absolute atomic E-state index is 0.0216. The first-order chi connectivity index (χ1) is 9.65. The highest BCUT2D eigenvalue weighted by Gasteiger charge is 2.28. The van der Waals surface area contributed by atoms with Crippen LogP contribution in [0.15, 0.2) is 35.4 Å². The van der Waals surface area contributed by atoms with Gasteiger partial charge in [-0.1, -0.05) is 12.1 Å². The molecule has 1 saturated carbocycles. The molecule has 104 valence electrons. The van der Waals surface area contributed by atoms with Gasteiger partial charge in [-0.2, -0.15) is 0 Å². The van der Waals surface area contributed by atoms with Crippen LogP contribution in [0.25, 0.3) is 10.9 Å². The Morgan fingerprint density at radius 3 is 2.95 bits per heavy atom. The Kier molecular flexibility index (Phi) is 3.26. The summed E-state index contributed by atoms with van der Waals surface area (Å²) in [6.45, 7) is 2.03. The topological polar surface area (TPSA) is 64.0 Å². The van der Waals surface area contributed by atoms with Crippen LogP contribution in [0, 0.1) is 5.92 Å². The molecule has 20 heavy (non-hydrogen) atoms. The predicted molar refractivity (Wildman–Crippen MR) is 76.3 cm³/mol. The van der Waals surface area contributed by atoms with Gasteiger partial charge in [-0.15, -0.1) is 0 Å². The second kappa shape index (κ2) is 5.07. The molecule has 0 spiro atoms. The number of nitrogens with one attached hydrogen (secondary N) is 1. The average molecular weight is 271 g/mol. The summed E-state index contributed by atoms with van der Waals surface area (Å²) in [5.74, 6) is 0.467. The van der Waals surface area contributed by atoms with Crippen molar-refractivity contribution >= 4 is 16.8 Å². The van der Waals surface area contributed by atoms with Gasteiger partial charge in [0.2, 0.25) is 5.91 Å². The fourth-order valence-corrected chi connectivity index (χ4v) is 2.39. The van der Waals surface area contributed by atoms with Crippen LogP contribution in [0.1, 0.15) is 19.8 Å². The smallest absolute Gasteiger partial charge is 0.261 e. The number of benzene rings is 1. The van der Waals surface area contributed by atoms with Crippen LogP contribution in [0.3, 0.4) is 0 Å². The minimum atomic E-state index is -0.176. The molecule has 1 N–H and O–H groups in total. The molecular weight excluding hydrogens is 254 g/mol. The number of hydrogen-bond acceptors (Lipinski definition) is 3. The van der Waals surface area contributed by atoms with E-state index in [1.807, 2.05) is 13.0 Å². The number of nitrogens with zero attached hydrogens (tertiary/aromatic N) is 2. The van der Waals surface area contributed by atoms with Crippen LogP contribution in [-0.2, 0) is 11.3 Å². The molecule has 1 atom stereocenters. The van der Waals surface area contributed by atoms with Crippen LogP contribution in [0.5, 0.6) is 0 Å². The lowest BCUT2D eigenvalue weighted by molar-refractivity contribution is -0.122. The lowest BCUT2D eigenvalue weighted by Gasteiger charge is -2.13. The van der Waals surface area contributed by atoms with E-state index in [0.717, 1.165) is 0 Å². The molecule has 1 heterocycles. The Morgan fingerprint density at radius 2 is 2.20 bits per heavy atom. The van der Waals surface area contributed by atoms with Gasteiger partial charge in [0.15, 0.2) is 0 Å². The Bertz CT molecular complexity index is 704. The second-order valence-corrected chi connectivity index (χ2v) is 5.39. The molecule has 1 fully saturated rings. The molecule has 0 bridgehead atoms. The second-order valence-electron chi connectivity index (χ2n) is 5.39. The largest absolute Gasteiger partial charge is 0.352 e. The number of rotatable bonds is 4. The van der Waals surface area contributed by atoms with E-state index in [4.69, 9.17) is 0 Å². The van der Waals surface area contributed by atoms with E-state index in [-0.39, 0.29) is 24.1 Å². The number of carbonyl (C=O) groups is 1. The first-order valence-corrected chi connectivity index (χ1v) is 6.88. The molecule has 1 unspecified atom stereocenters. The zero-order valence-corrected chi connectivity index (χ0v) is 11.4. The Hall–Kier alpha value is -2.17. The molecule has 1 aliphatic carbocycles. The maximum absolute atomic E-state index is 12.2. The zero-order valence-electron chi connectivity index (χ0n) is 11.4. The molecule has 2 aromatic rings. The summed E-state index contributed by atoms with van der Waals surface area (Å²) >= 11 is 0. The lowest BCUT2D eigenvalue weighted by Crippen LogP contribution is -2.38. The van der Waals surface area contributed by atoms with Crippen molar-refractivity contribution < 1.29 is 4.79 Å². The number of hydrogen-bond donors (Lipinski definition) is 1. The van der Waals surface area contributed by atoms with Gasteiger partial charge in [0.1, 0.15) is 6.54 Å². The highest BCUT2D eigenvalue weighted by molar-refractivity contribution is 5.79. The summed E-state index contributed by atoms with van der Waals surface area (Å²) in [6.07, 6.45) is 3.80. The Balaban J connectivity index is 1.78. The van der Waals surface area contributed by atoms with Crippen LogP contribution < -0.4 is 10.9 Å². The van der Waals surface area contributed by atoms with E-state index in [0.29, 0.717) is 16.8 Å². The normalized spacial score (nSPS) is 16.1. The predicted octanol–water partition coefficient (Wildman–Crippen LogP) is 1.31. The fraction of sp³-hybridized carbons (Fsp3) is 0.400. The van der Waals surface area contributed by atoms with E-state index in [9.17, 15) is 9.59 Å². The summed E-state index contributed by atoms with van der Waals surface area (Å²) in [4.78, 5) is 28.4. The molecule has 0 radical (unpaired) electrons. The van der Waals surface area contributed by atoms with Crippen molar-refractivity contribution in [1.82, 2.24) is 14.9 Å². The van der Waals surface area contributed by atoms with Crippen molar-refractivity contribution in [3.05, 3.63) is 40.9 Å². The third-order valence-electron chi connectivity index (χ3n) is 3.76. The number of aromatic nitrogens is 2. The molecule has 1 amide bonds. The highest BCUT2D eigenvalue weighted by Crippen LogP contribution is 2.32. The van der Waals surface area contributed by atoms with E-state index in [1.165, 1.54) is 23.7 Å². The first kappa shape index (κ1) is 12.8. The molecule has 0 aliphatic heterocycles. The molecule has 1 aromatic carbocycles. The third-order valence-corrected chi connectivity index (χ3v) is 3.76. The summed E-state index contributed by atoms with van der Waals surface area (Å²) in [6, 6.07) is 7.34. The first-order valence-electron chi connectivity index (χ1n) is 6.88. The van der Waals surface area contributed by atoms with E-state index >= 15 is 0 Å². The van der Waals surface area contributed by atoms with Crippen molar-refractivity contribution in [3.8, 4) is 0 Å². The van der Waals surface area contributed by atoms with Crippen molar-refractivity contribution in [3.63, 3.8) is 0 Å². The molecule has 0 saturated heterocycles. The van der Waals surface area contributed by atoms with Crippen molar-refractivity contribution in [1.29, 1.82) is 0 Å². The fourth-order valence-electron chi connectivity index (χ4n) is 2.39. The van der Waals surface area contributed by atoms with Crippen molar-refractivity contribution in [2.75, 3.05) is 0 Å². The summed E-state index contributed by atoms with van der Waals surface area (Å²) < 4.78 is 1.36. The van der Waals surface area contributed by atoms with Crippen LogP contribution >= 0.6 is 0 Å². The van der Waals surface area contributed by atoms with E-state index in [2.05, 4.69) is 10.3 Å². The minimum Gasteiger partial charge on any atom is -0.352 e. The van der Waals surface area contributed by atoms with E-state index in [1.54, 1.807) is 18.2 Å². The van der Waals surface area contributed by atoms with Crippen LogP contribution in [-0.4, -0.2) is 21.5 Å². The maximum Gasteiger partial charge on any atom is 0.261 e. The quantitative estimate of drug-likeness (QED) is 0.912. The zero-order chi connectivity index (χ0) is 14.1. The number of para-hydroxylation sites is 1. The van der Waals surface area contributed by atoms with Gasteiger partial charge in [-0.25, -0.2) is 4.98 Å². The van der Waals surface area contributed by atoms with Crippen LogP contribution in [0.2, 0.25) is 0 Å². The molecule has 1 aliphatic rings. The molecule has 3 rings (SSSR count). The van der Waals surface area contributed by atoms with Gasteiger partial charge in [0.25, 0.3) is 5.56 Å². The number of carbonyl (C=O) groups excluding carboxylic acids is 1.